The van der Waals surface area contributed by atoms with E-state index in [1.54, 1.807) is 6.20 Å². The lowest BCUT2D eigenvalue weighted by molar-refractivity contribution is -0.131. The van der Waals surface area contributed by atoms with Crippen LogP contribution in [0.3, 0.4) is 0 Å². The van der Waals surface area contributed by atoms with E-state index in [0.717, 1.165) is 30.6 Å². The number of nitrogens with zero attached hydrogens (tertiary/aromatic N) is 2. The van der Waals surface area contributed by atoms with Crippen molar-refractivity contribution in [1.82, 2.24) is 4.98 Å². The van der Waals surface area contributed by atoms with E-state index in [1.807, 2.05) is 19.1 Å². The minimum Gasteiger partial charge on any atom is -0.427 e. The molecule has 0 spiro atoms. The van der Waals surface area contributed by atoms with Gasteiger partial charge in [-0.15, -0.1) is 11.3 Å². The predicted octanol–water partition coefficient (Wildman–Crippen LogP) is 5.13. The zero-order chi connectivity index (χ0) is 25.7. The third kappa shape index (κ3) is 4.22. The van der Waals surface area contributed by atoms with E-state index in [-0.39, 0.29) is 23.7 Å². The van der Waals surface area contributed by atoms with Gasteiger partial charge in [-0.25, -0.2) is 4.98 Å². The van der Waals surface area contributed by atoms with Crippen molar-refractivity contribution in [1.29, 1.82) is 5.26 Å². The summed E-state index contributed by atoms with van der Waals surface area (Å²) in [5.74, 6) is 1.13. The van der Waals surface area contributed by atoms with Gasteiger partial charge in [0.1, 0.15) is 5.75 Å². The number of amides is 1. The van der Waals surface area contributed by atoms with Crippen molar-refractivity contribution in [3.63, 3.8) is 0 Å². The first-order valence-corrected chi connectivity index (χ1v) is 13.6. The number of aliphatic hydroxyl groups is 1. The lowest BCUT2D eigenvalue weighted by atomic mass is 9.52. The van der Waals surface area contributed by atoms with E-state index in [0.29, 0.717) is 42.0 Å². The molecular weight excluding hydrogens is 474 g/mol. The summed E-state index contributed by atoms with van der Waals surface area (Å²) in [6.45, 7) is 5.45. The topological polar surface area (TPSA) is 112 Å². The molecule has 8 heteroatoms. The van der Waals surface area contributed by atoms with Crippen molar-refractivity contribution < 1.29 is 19.4 Å². The zero-order valence-corrected chi connectivity index (χ0v) is 21.9. The van der Waals surface area contributed by atoms with Gasteiger partial charge in [0.2, 0.25) is 5.91 Å². The van der Waals surface area contributed by atoms with Crippen LogP contribution in [0.25, 0.3) is 0 Å². The number of hydrogen-bond acceptors (Lipinski definition) is 7. The molecule has 2 aromatic rings. The van der Waals surface area contributed by atoms with Crippen LogP contribution in [-0.4, -0.2) is 27.6 Å². The number of benzene rings is 1. The Morgan fingerprint density at radius 3 is 2.86 bits per heavy atom. The van der Waals surface area contributed by atoms with Crippen LogP contribution in [0.2, 0.25) is 0 Å². The van der Waals surface area contributed by atoms with Crippen LogP contribution in [0.4, 0.5) is 5.13 Å². The molecule has 1 heterocycles. The minimum absolute atomic E-state index is 0.0715. The van der Waals surface area contributed by atoms with Crippen molar-refractivity contribution in [2.45, 2.75) is 77.2 Å². The number of ether oxygens (including phenoxy) is 1. The van der Waals surface area contributed by atoms with Crippen molar-refractivity contribution in [3.05, 3.63) is 40.4 Å². The molecule has 3 unspecified atom stereocenters. The normalized spacial score (nSPS) is 32.5. The highest BCUT2D eigenvalue weighted by Gasteiger charge is 2.65. The van der Waals surface area contributed by atoms with Crippen LogP contribution < -0.4 is 10.1 Å². The molecule has 1 aromatic carbocycles. The summed E-state index contributed by atoms with van der Waals surface area (Å²) >= 11 is 1.45. The van der Waals surface area contributed by atoms with Crippen molar-refractivity contribution >= 4 is 28.3 Å². The largest absolute Gasteiger partial charge is 0.427 e. The first kappa shape index (κ1) is 24.9. The molecule has 190 valence electrons. The van der Waals surface area contributed by atoms with Crippen LogP contribution in [-0.2, 0) is 16.0 Å². The number of aryl methyl sites for hydroxylation is 2. The third-order valence-corrected chi connectivity index (χ3v) is 9.84. The van der Waals surface area contributed by atoms with Gasteiger partial charge >= 0.3 is 5.97 Å². The van der Waals surface area contributed by atoms with Crippen LogP contribution in [0.1, 0.15) is 74.3 Å². The zero-order valence-electron chi connectivity index (χ0n) is 21.0. The van der Waals surface area contributed by atoms with Gasteiger partial charge in [0.25, 0.3) is 0 Å². The number of nitriles is 1. The molecule has 0 radical (unpaired) electrons. The van der Waals surface area contributed by atoms with E-state index >= 15 is 0 Å². The minimum atomic E-state index is -1.38. The van der Waals surface area contributed by atoms with Crippen LogP contribution in [0.5, 0.6) is 5.75 Å². The smallest absolute Gasteiger partial charge is 0.308 e. The van der Waals surface area contributed by atoms with Gasteiger partial charge in [-0.1, -0.05) is 13.0 Å². The number of carbonyl (C=O) groups is 2. The molecule has 3 aliphatic rings. The second kappa shape index (κ2) is 9.28. The Bertz CT molecular complexity index is 1240. The Hall–Kier alpha value is -2.76. The number of hydrogen-bond donors (Lipinski definition) is 2. The second-order valence-corrected chi connectivity index (χ2v) is 12.3. The molecule has 2 fully saturated rings. The molecule has 1 amide bonds. The van der Waals surface area contributed by atoms with Gasteiger partial charge in [0.15, 0.2) is 10.7 Å². The highest BCUT2D eigenvalue weighted by Crippen LogP contribution is 2.66. The summed E-state index contributed by atoms with van der Waals surface area (Å²) in [7, 11) is 0. The molecule has 5 rings (SSSR count). The average Bonchev–Trinajstić information content (AvgIpc) is 3.34. The number of thiazole rings is 1. The molecule has 2 saturated carbocycles. The highest BCUT2D eigenvalue weighted by atomic mass is 32.1. The number of aromatic nitrogens is 1. The number of carbonyl (C=O) groups excluding carboxylic acids is 2. The Labute approximate surface area is 215 Å². The highest BCUT2D eigenvalue weighted by molar-refractivity contribution is 7.15. The molecule has 0 saturated heterocycles. The van der Waals surface area contributed by atoms with E-state index in [1.165, 1.54) is 29.4 Å². The number of nitrogens with one attached hydrogen (secondary N) is 1. The fourth-order valence-electron chi connectivity index (χ4n) is 7.50. The lowest BCUT2D eigenvalue weighted by Crippen LogP contribution is -2.50. The SMILES string of the molecule is CC(=O)Oc1ccc2c(c1)CCC1C2CC[C@@]2(C)C1[C@H](CCC(=O)Nc1ncc(C)s1)C[C@@]2(O)C#N. The number of rotatable bonds is 5. The van der Waals surface area contributed by atoms with Crippen molar-refractivity contribution in [2.75, 3.05) is 5.32 Å². The monoisotopic (exact) mass is 507 g/mol. The van der Waals surface area contributed by atoms with E-state index in [4.69, 9.17) is 4.74 Å². The maximum atomic E-state index is 12.7. The second-order valence-electron chi connectivity index (χ2n) is 11.0. The van der Waals surface area contributed by atoms with Crippen molar-refractivity contribution in [2.24, 2.45) is 23.2 Å². The number of fused-ring (bicyclic) bond motifs is 5. The molecule has 7 nitrogen and oxygen atoms in total. The molecule has 1 aromatic heterocycles. The average molecular weight is 508 g/mol. The Kier molecular flexibility index (Phi) is 6.42. The molecule has 36 heavy (non-hydrogen) atoms. The van der Waals surface area contributed by atoms with Crippen molar-refractivity contribution in [3.8, 4) is 11.8 Å². The van der Waals surface area contributed by atoms with Gasteiger partial charge in [0.05, 0.1) is 6.07 Å². The molecule has 0 bridgehead atoms. The quantitative estimate of drug-likeness (QED) is 0.329. The summed E-state index contributed by atoms with van der Waals surface area (Å²) in [6, 6.07) is 8.24. The number of anilines is 1. The first-order valence-electron chi connectivity index (χ1n) is 12.8. The maximum absolute atomic E-state index is 12.7. The first-order chi connectivity index (χ1) is 17.1. The van der Waals surface area contributed by atoms with E-state index < -0.39 is 11.0 Å². The molecule has 0 aliphatic heterocycles. The van der Waals surface area contributed by atoms with Gasteiger partial charge in [0, 0.05) is 29.8 Å². The fraction of sp³-hybridized carbons (Fsp3) is 0.571. The molecular formula is C28H33N3O4S. The summed E-state index contributed by atoms with van der Waals surface area (Å²) in [5, 5.41) is 25.1. The maximum Gasteiger partial charge on any atom is 0.308 e. The Balaban J connectivity index is 1.38. The standard InChI is InChI=1S/C28H33N3O4S/c1-16-14-30-26(36-16)31-24(33)9-5-19-13-28(34,15-29)27(3)11-10-22-21-8-6-20(35-17(2)32)12-18(21)4-7-23(22)25(19)27/h6,8,12,14,19,22-23,25,34H,4-5,7,9-11,13H2,1-3H3,(H,30,31,33)/t19-,22?,23?,25?,27+,28-/m1/s1. The molecule has 2 N–H and O–H groups in total. The lowest BCUT2D eigenvalue weighted by Gasteiger charge is -2.52. The molecule has 3 aliphatic carbocycles. The van der Waals surface area contributed by atoms with Gasteiger partial charge in [-0.05, 0) is 92.4 Å². The van der Waals surface area contributed by atoms with Gasteiger partial charge in [-0.2, -0.15) is 5.26 Å². The number of esters is 1. The van der Waals surface area contributed by atoms with Crippen LogP contribution in [0, 0.1) is 41.4 Å². The van der Waals surface area contributed by atoms with E-state index in [9.17, 15) is 20.0 Å². The fourth-order valence-corrected chi connectivity index (χ4v) is 8.18. The molecule has 6 atom stereocenters. The van der Waals surface area contributed by atoms with E-state index in [2.05, 4.69) is 29.4 Å². The van der Waals surface area contributed by atoms with Crippen LogP contribution >= 0.6 is 11.3 Å². The summed E-state index contributed by atoms with van der Waals surface area (Å²) in [4.78, 5) is 29.4. The van der Waals surface area contributed by atoms with Gasteiger partial charge in [-0.3, -0.25) is 9.59 Å². The summed E-state index contributed by atoms with van der Waals surface area (Å²) in [6.07, 6.45) is 6.67. The third-order valence-electron chi connectivity index (χ3n) is 9.02. The summed E-state index contributed by atoms with van der Waals surface area (Å²) < 4.78 is 5.31. The predicted molar refractivity (Wildman–Crippen MR) is 137 cm³/mol. The Morgan fingerprint density at radius 2 is 2.17 bits per heavy atom. The summed E-state index contributed by atoms with van der Waals surface area (Å²) in [5.41, 5.74) is 0.649. The van der Waals surface area contributed by atoms with Gasteiger partial charge < -0.3 is 15.2 Å². The van der Waals surface area contributed by atoms with Crippen LogP contribution in [0.15, 0.2) is 24.4 Å². The Morgan fingerprint density at radius 1 is 1.36 bits per heavy atom.